The summed E-state index contributed by atoms with van der Waals surface area (Å²) in [5, 5.41) is 12.7. The summed E-state index contributed by atoms with van der Waals surface area (Å²) in [5.74, 6) is 0.221. The summed E-state index contributed by atoms with van der Waals surface area (Å²) >= 11 is 15.1. The molecule has 3 aromatic rings. The Labute approximate surface area is 181 Å². The molecule has 148 valence electrons. The third-order valence-electron chi connectivity index (χ3n) is 4.19. The first-order valence-electron chi connectivity index (χ1n) is 8.57. The van der Waals surface area contributed by atoms with Crippen molar-refractivity contribution in [2.45, 2.75) is 26.6 Å². The average Bonchev–Trinajstić information content (AvgIpc) is 3.25. The standard InChI is InChI=1S/C18H19BrClFN6S/c1-3-27-16(13(19)9-22-27)11-25(2)18(28)23-17-7-8-26(24-17)10-12-14(20)5-4-6-15(12)21/h4-9H,3,10-11H2,1-2H3,(H,23,24,28). The zero-order valence-corrected chi connectivity index (χ0v) is 18.5. The molecule has 0 bridgehead atoms. The summed E-state index contributed by atoms with van der Waals surface area (Å²) in [6, 6.07) is 6.40. The van der Waals surface area contributed by atoms with Crippen molar-refractivity contribution in [1.82, 2.24) is 24.5 Å². The first-order valence-corrected chi connectivity index (χ1v) is 10.2. The minimum Gasteiger partial charge on any atom is -0.346 e. The number of hydrogen-bond acceptors (Lipinski definition) is 3. The van der Waals surface area contributed by atoms with Gasteiger partial charge in [0.1, 0.15) is 5.82 Å². The number of nitrogens with zero attached hydrogens (tertiary/aromatic N) is 5. The number of aromatic nitrogens is 4. The van der Waals surface area contributed by atoms with E-state index in [1.54, 1.807) is 35.3 Å². The molecule has 0 saturated carbocycles. The Morgan fingerprint density at radius 3 is 2.89 bits per heavy atom. The van der Waals surface area contributed by atoms with Gasteiger partial charge in [-0.05, 0) is 47.2 Å². The van der Waals surface area contributed by atoms with E-state index in [1.807, 2.05) is 23.6 Å². The van der Waals surface area contributed by atoms with Gasteiger partial charge in [-0.25, -0.2) is 4.39 Å². The van der Waals surface area contributed by atoms with Gasteiger partial charge in [0.25, 0.3) is 0 Å². The molecule has 0 aliphatic rings. The molecule has 0 radical (unpaired) electrons. The molecule has 2 aromatic heterocycles. The van der Waals surface area contributed by atoms with E-state index in [-0.39, 0.29) is 12.4 Å². The summed E-state index contributed by atoms with van der Waals surface area (Å²) in [4.78, 5) is 1.90. The van der Waals surface area contributed by atoms with Crippen molar-refractivity contribution >= 4 is 50.7 Å². The molecule has 0 unspecified atom stereocenters. The topological polar surface area (TPSA) is 50.9 Å². The molecule has 0 atom stereocenters. The van der Waals surface area contributed by atoms with E-state index in [0.29, 0.717) is 28.1 Å². The second kappa shape index (κ2) is 9.02. The third-order valence-corrected chi connectivity index (χ3v) is 5.62. The van der Waals surface area contributed by atoms with Crippen LogP contribution in [0.5, 0.6) is 0 Å². The van der Waals surface area contributed by atoms with Gasteiger partial charge in [-0.2, -0.15) is 10.2 Å². The first-order chi connectivity index (χ1) is 13.4. The molecule has 0 aliphatic heterocycles. The molecule has 0 spiro atoms. The summed E-state index contributed by atoms with van der Waals surface area (Å²) in [6.45, 7) is 3.64. The molecule has 0 aliphatic carbocycles. The Morgan fingerprint density at radius 1 is 1.39 bits per heavy atom. The van der Waals surface area contributed by atoms with Gasteiger partial charge < -0.3 is 10.2 Å². The van der Waals surface area contributed by atoms with E-state index in [4.69, 9.17) is 23.8 Å². The lowest BCUT2D eigenvalue weighted by molar-refractivity contribution is 0.470. The Balaban J connectivity index is 1.64. The van der Waals surface area contributed by atoms with Gasteiger partial charge in [0.2, 0.25) is 0 Å². The van der Waals surface area contributed by atoms with Crippen LogP contribution in [0.15, 0.2) is 41.1 Å². The lowest BCUT2D eigenvalue weighted by Gasteiger charge is -2.21. The Kier molecular flexibility index (Phi) is 6.69. The lowest BCUT2D eigenvalue weighted by Crippen LogP contribution is -2.31. The van der Waals surface area contributed by atoms with Gasteiger partial charge in [0.15, 0.2) is 10.9 Å². The van der Waals surface area contributed by atoms with Crippen molar-refractivity contribution < 1.29 is 4.39 Å². The monoisotopic (exact) mass is 484 g/mol. The second-order valence-corrected chi connectivity index (χ2v) is 7.79. The number of thiocarbonyl (C=S) groups is 1. The van der Waals surface area contributed by atoms with Crippen molar-refractivity contribution in [3.63, 3.8) is 0 Å². The summed E-state index contributed by atoms with van der Waals surface area (Å²) in [6.07, 6.45) is 3.52. The molecule has 1 aromatic carbocycles. The van der Waals surface area contributed by atoms with E-state index in [0.717, 1.165) is 16.7 Å². The van der Waals surface area contributed by atoms with Crippen LogP contribution in [0.2, 0.25) is 5.02 Å². The maximum Gasteiger partial charge on any atom is 0.174 e. The number of hydrogen-bond donors (Lipinski definition) is 1. The van der Waals surface area contributed by atoms with Gasteiger partial charge in [-0.15, -0.1) is 0 Å². The third kappa shape index (κ3) is 4.71. The van der Waals surface area contributed by atoms with Gasteiger partial charge in [0, 0.05) is 36.4 Å². The van der Waals surface area contributed by atoms with E-state index in [9.17, 15) is 4.39 Å². The molecule has 3 rings (SSSR count). The number of rotatable bonds is 6. The molecular formula is C18H19BrClFN6S. The van der Waals surface area contributed by atoms with Gasteiger partial charge in [0.05, 0.1) is 29.5 Å². The van der Waals surface area contributed by atoms with Crippen molar-refractivity contribution in [2.24, 2.45) is 0 Å². The largest absolute Gasteiger partial charge is 0.346 e. The van der Waals surface area contributed by atoms with Crippen LogP contribution in [0.4, 0.5) is 10.2 Å². The van der Waals surface area contributed by atoms with Crippen molar-refractivity contribution in [3.05, 3.63) is 63.2 Å². The van der Waals surface area contributed by atoms with Crippen LogP contribution >= 0.6 is 39.7 Å². The lowest BCUT2D eigenvalue weighted by atomic mass is 10.2. The highest BCUT2D eigenvalue weighted by molar-refractivity contribution is 9.10. The average molecular weight is 486 g/mol. The minimum atomic E-state index is -0.356. The summed E-state index contributed by atoms with van der Waals surface area (Å²) < 4.78 is 18.4. The number of aryl methyl sites for hydroxylation is 1. The fourth-order valence-corrected chi connectivity index (χ4v) is 3.49. The molecule has 10 heteroatoms. The number of anilines is 1. The van der Waals surface area contributed by atoms with Crippen LogP contribution in [-0.4, -0.2) is 36.6 Å². The molecule has 0 amide bonds. The maximum absolute atomic E-state index is 14.0. The predicted molar refractivity (Wildman–Crippen MR) is 116 cm³/mol. The van der Waals surface area contributed by atoms with Crippen LogP contribution in [0.25, 0.3) is 0 Å². The quantitative estimate of drug-likeness (QED) is 0.520. The fourth-order valence-electron chi connectivity index (χ4n) is 2.68. The van der Waals surface area contributed by atoms with E-state index in [1.165, 1.54) is 6.07 Å². The molecule has 1 N–H and O–H groups in total. The number of benzene rings is 1. The molecule has 0 fully saturated rings. The van der Waals surface area contributed by atoms with Crippen LogP contribution in [0.1, 0.15) is 18.2 Å². The normalized spacial score (nSPS) is 10.9. The summed E-state index contributed by atoms with van der Waals surface area (Å²) in [7, 11) is 1.89. The minimum absolute atomic E-state index is 0.235. The van der Waals surface area contributed by atoms with Crippen molar-refractivity contribution in [1.29, 1.82) is 0 Å². The fraction of sp³-hybridized carbons (Fsp3) is 0.278. The first kappa shape index (κ1) is 20.8. The predicted octanol–water partition coefficient (Wildman–Crippen LogP) is 4.53. The van der Waals surface area contributed by atoms with Crippen molar-refractivity contribution in [2.75, 3.05) is 12.4 Å². The van der Waals surface area contributed by atoms with Gasteiger partial charge in [-0.3, -0.25) is 9.36 Å². The molecule has 2 heterocycles. The van der Waals surface area contributed by atoms with Gasteiger partial charge in [-0.1, -0.05) is 17.7 Å². The van der Waals surface area contributed by atoms with Crippen LogP contribution < -0.4 is 5.32 Å². The van der Waals surface area contributed by atoms with Gasteiger partial charge >= 0.3 is 0 Å². The summed E-state index contributed by atoms with van der Waals surface area (Å²) in [5.41, 5.74) is 1.44. The van der Waals surface area contributed by atoms with Crippen molar-refractivity contribution in [3.8, 4) is 0 Å². The molecule has 6 nitrogen and oxygen atoms in total. The zero-order valence-electron chi connectivity index (χ0n) is 15.4. The highest BCUT2D eigenvalue weighted by Crippen LogP contribution is 2.21. The molecule has 0 saturated heterocycles. The Hall–Kier alpha value is -1.97. The second-order valence-electron chi connectivity index (χ2n) is 6.14. The molecule has 28 heavy (non-hydrogen) atoms. The zero-order chi connectivity index (χ0) is 20.3. The molecular weight excluding hydrogens is 467 g/mol. The van der Waals surface area contributed by atoms with Crippen LogP contribution in [0, 0.1) is 5.82 Å². The highest BCUT2D eigenvalue weighted by Gasteiger charge is 2.14. The van der Waals surface area contributed by atoms with E-state index < -0.39 is 0 Å². The van der Waals surface area contributed by atoms with Crippen LogP contribution in [0.3, 0.4) is 0 Å². The Morgan fingerprint density at radius 2 is 2.18 bits per heavy atom. The van der Waals surface area contributed by atoms with Crippen LogP contribution in [-0.2, 0) is 19.6 Å². The van der Waals surface area contributed by atoms with E-state index >= 15 is 0 Å². The van der Waals surface area contributed by atoms with E-state index in [2.05, 4.69) is 31.4 Å². The SMILES string of the molecule is CCn1ncc(Br)c1CN(C)C(=S)Nc1ccn(Cc2c(F)cccc2Cl)n1. The number of halogens is 3. The smallest absolute Gasteiger partial charge is 0.174 e. The maximum atomic E-state index is 14.0. The highest BCUT2D eigenvalue weighted by atomic mass is 79.9. The Bertz CT molecular complexity index is 968. The number of nitrogens with one attached hydrogen (secondary N) is 1.